The topological polar surface area (TPSA) is 20.2 Å². The average molecular weight is 297 g/mol. The van der Waals surface area contributed by atoms with Crippen molar-refractivity contribution in [2.75, 3.05) is 0 Å². The maximum absolute atomic E-state index is 10.6. The average Bonchev–Trinajstić information content (AvgIpc) is 3.32. The molecule has 0 aromatic rings. The number of hydrogen-bond acceptors (Lipinski definition) is 1. The third kappa shape index (κ3) is 8.24. The minimum Gasteiger partial charge on any atom is -0.390 e. The summed E-state index contributed by atoms with van der Waals surface area (Å²) in [6.07, 6.45) is 18.4. The molecule has 0 aromatic carbocycles. The van der Waals surface area contributed by atoms with E-state index in [1.165, 1.54) is 77.0 Å². The Kier molecular flexibility index (Phi) is 9.64. The molecule has 1 fully saturated rings. The van der Waals surface area contributed by atoms with Gasteiger partial charge in [0.1, 0.15) is 0 Å². The van der Waals surface area contributed by atoms with E-state index in [-0.39, 0.29) is 5.60 Å². The summed E-state index contributed by atoms with van der Waals surface area (Å²) >= 11 is 0. The van der Waals surface area contributed by atoms with Gasteiger partial charge >= 0.3 is 0 Å². The zero-order chi connectivity index (χ0) is 15.6. The normalized spacial score (nSPS) is 19.4. The number of unbranched alkanes of at least 4 members (excludes halogenated alkanes) is 7. The molecule has 0 aliphatic heterocycles. The summed E-state index contributed by atoms with van der Waals surface area (Å²) in [6, 6.07) is 0. The van der Waals surface area contributed by atoms with Crippen molar-refractivity contribution in [3.63, 3.8) is 0 Å². The number of aliphatic hydroxyl groups is 1. The van der Waals surface area contributed by atoms with Crippen LogP contribution in [0.25, 0.3) is 0 Å². The molecule has 1 nitrogen and oxygen atoms in total. The van der Waals surface area contributed by atoms with Crippen LogP contribution in [0, 0.1) is 11.8 Å². The summed E-state index contributed by atoms with van der Waals surface area (Å²) in [6.45, 7) is 6.82. The van der Waals surface area contributed by atoms with Crippen LogP contribution in [0.5, 0.6) is 0 Å². The molecule has 1 saturated carbocycles. The van der Waals surface area contributed by atoms with Gasteiger partial charge in [-0.25, -0.2) is 0 Å². The predicted molar refractivity (Wildman–Crippen MR) is 93.6 cm³/mol. The second-order valence-corrected chi connectivity index (χ2v) is 7.64. The van der Waals surface area contributed by atoms with Crippen LogP contribution in [0.4, 0.5) is 0 Å². The van der Waals surface area contributed by atoms with Gasteiger partial charge in [0.25, 0.3) is 0 Å². The second kappa shape index (κ2) is 10.6. The van der Waals surface area contributed by atoms with Crippen LogP contribution in [0.1, 0.15) is 111 Å². The molecule has 0 saturated heterocycles. The van der Waals surface area contributed by atoms with Crippen molar-refractivity contribution in [1.29, 1.82) is 0 Å². The molecule has 126 valence electrons. The number of hydrogen-bond donors (Lipinski definition) is 1. The zero-order valence-electron chi connectivity index (χ0n) is 15.0. The molecule has 0 spiro atoms. The molecule has 21 heavy (non-hydrogen) atoms. The lowest BCUT2D eigenvalue weighted by Gasteiger charge is -2.28. The summed E-state index contributed by atoms with van der Waals surface area (Å²) in [5.41, 5.74) is -0.326. The molecular weight excluding hydrogens is 256 g/mol. The van der Waals surface area contributed by atoms with Crippen molar-refractivity contribution >= 4 is 0 Å². The fraction of sp³-hybridized carbons (Fsp3) is 1.00. The highest BCUT2D eigenvalue weighted by atomic mass is 16.3. The second-order valence-electron chi connectivity index (χ2n) is 7.64. The first-order chi connectivity index (χ1) is 10.1. The molecule has 0 heterocycles. The van der Waals surface area contributed by atoms with Crippen LogP contribution in [0.3, 0.4) is 0 Å². The number of rotatable bonds is 14. The maximum Gasteiger partial charge on any atom is 0.0673 e. The quantitative estimate of drug-likeness (QED) is 0.363. The fourth-order valence-corrected chi connectivity index (χ4v) is 3.56. The predicted octanol–water partition coefficient (Wildman–Crippen LogP) is 6.48. The van der Waals surface area contributed by atoms with E-state index in [2.05, 4.69) is 20.8 Å². The van der Waals surface area contributed by atoms with Crippen molar-refractivity contribution in [3.8, 4) is 0 Å². The van der Waals surface area contributed by atoms with Crippen molar-refractivity contribution in [3.05, 3.63) is 0 Å². The molecule has 1 N–H and O–H groups in total. The van der Waals surface area contributed by atoms with Gasteiger partial charge in [-0.05, 0) is 43.9 Å². The summed E-state index contributed by atoms with van der Waals surface area (Å²) in [4.78, 5) is 0. The smallest absolute Gasteiger partial charge is 0.0673 e. The van der Waals surface area contributed by atoms with E-state index in [9.17, 15) is 5.11 Å². The van der Waals surface area contributed by atoms with Crippen LogP contribution in [-0.2, 0) is 0 Å². The molecule has 0 amide bonds. The van der Waals surface area contributed by atoms with E-state index < -0.39 is 0 Å². The van der Waals surface area contributed by atoms with Gasteiger partial charge in [-0.15, -0.1) is 0 Å². The minimum atomic E-state index is -0.326. The molecular formula is C20H40O. The van der Waals surface area contributed by atoms with E-state index in [0.717, 1.165) is 18.8 Å². The van der Waals surface area contributed by atoms with E-state index in [1.807, 2.05) is 0 Å². The standard InChI is InChI=1S/C20H40O/c1-4-6-7-8-9-10-11-12-13-18(3)16-17-20(21,5-2)19-14-15-19/h18-19,21H,4-17H2,1-3H3. The van der Waals surface area contributed by atoms with Gasteiger partial charge in [0.15, 0.2) is 0 Å². The highest BCUT2D eigenvalue weighted by molar-refractivity contribution is 4.93. The lowest BCUT2D eigenvalue weighted by atomic mass is 9.85. The molecule has 2 unspecified atom stereocenters. The third-order valence-electron chi connectivity index (χ3n) is 5.57. The fourth-order valence-electron chi connectivity index (χ4n) is 3.56. The largest absolute Gasteiger partial charge is 0.390 e. The summed E-state index contributed by atoms with van der Waals surface area (Å²) in [5.74, 6) is 1.42. The van der Waals surface area contributed by atoms with Crippen LogP contribution in [-0.4, -0.2) is 10.7 Å². The van der Waals surface area contributed by atoms with Gasteiger partial charge in [0.05, 0.1) is 5.60 Å². The lowest BCUT2D eigenvalue weighted by Crippen LogP contribution is -2.30. The van der Waals surface area contributed by atoms with Crippen molar-refractivity contribution in [1.82, 2.24) is 0 Å². The molecule has 1 aliphatic rings. The highest BCUT2D eigenvalue weighted by Gasteiger charge is 2.41. The Balaban J connectivity index is 1.95. The van der Waals surface area contributed by atoms with Crippen LogP contribution in [0.15, 0.2) is 0 Å². The Labute approximate surface area is 133 Å². The Morgan fingerprint density at radius 3 is 2.00 bits per heavy atom. The van der Waals surface area contributed by atoms with E-state index in [1.54, 1.807) is 0 Å². The van der Waals surface area contributed by atoms with Crippen molar-refractivity contribution in [2.45, 2.75) is 116 Å². The third-order valence-corrected chi connectivity index (χ3v) is 5.57. The first kappa shape index (κ1) is 19.0. The highest BCUT2D eigenvalue weighted by Crippen LogP contribution is 2.44. The SMILES string of the molecule is CCCCCCCCCCC(C)CCC(O)(CC)C1CC1. The van der Waals surface area contributed by atoms with Gasteiger partial charge in [0, 0.05) is 0 Å². The first-order valence-corrected chi connectivity index (χ1v) is 9.84. The lowest BCUT2D eigenvalue weighted by molar-refractivity contribution is -0.000246. The monoisotopic (exact) mass is 296 g/mol. The molecule has 0 bridgehead atoms. The molecule has 1 heteroatoms. The molecule has 2 atom stereocenters. The minimum absolute atomic E-state index is 0.326. The van der Waals surface area contributed by atoms with Crippen molar-refractivity contribution in [2.24, 2.45) is 11.8 Å². The molecule has 1 aliphatic carbocycles. The van der Waals surface area contributed by atoms with Gasteiger partial charge in [0.2, 0.25) is 0 Å². The summed E-state index contributed by atoms with van der Waals surface area (Å²) < 4.78 is 0. The van der Waals surface area contributed by atoms with E-state index in [0.29, 0.717) is 5.92 Å². The van der Waals surface area contributed by atoms with Crippen LogP contribution < -0.4 is 0 Å². The van der Waals surface area contributed by atoms with Gasteiger partial charge in [-0.2, -0.15) is 0 Å². The van der Waals surface area contributed by atoms with E-state index >= 15 is 0 Å². The zero-order valence-corrected chi connectivity index (χ0v) is 15.0. The van der Waals surface area contributed by atoms with E-state index in [4.69, 9.17) is 0 Å². The van der Waals surface area contributed by atoms with Gasteiger partial charge in [-0.3, -0.25) is 0 Å². The maximum atomic E-state index is 10.6. The summed E-state index contributed by atoms with van der Waals surface area (Å²) in [5, 5.41) is 10.6. The molecule has 1 rings (SSSR count). The first-order valence-electron chi connectivity index (χ1n) is 9.84. The Morgan fingerprint density at radius 1 is 0.905 bits per heavy atom. The van der Waals surface area contributed by atoms with Crippen molar-refractivity contribution < 1.29 is 5.11 Å². The van der Waals surface area contributed by atoms with Gasteiger partial charge < -0.3 is 5.11 Å². The Hall–Kier alpha value is -0.0400. The molecule has 0 radical (unpaired) electrons. The van der Waals surface area contributed by atoms with Crippen LogP contribution >= 0.6 is 0 Å². The molecule has 0 aromatic heterocycles. The van der Waals surface area contributed by atoms with Gasteiger partial charge in [-0.1, -0.05) is 78.6 Å². The van der Waals surface area contributed by atoms with Crippen LogP contribution in [0.2, 0.25) is 0 Å². The Morgan fingerprint density at radius 2 is 1.48 bits per heavy atom. The summed E-state index contributed by atoms with van der Waals surface area (Å²) in [7, 11) is 0. The Bertz CT molecular complexity index is 246.